The number of carbonyl (C=O) groups is 1. The van der Waals surface area contributed by atoms with Gasteiger partial charge in [0.15, 0.2) is 5.69 Å². The number of nitro groups is 1. The molecule has 7 nitrogen and oxygen atoms in total. The third-order valence-corrected chi connectivity index (χ3v) is 2.56. The van der Waals surface area contributed by atoms with Gasteiger partial charge in [0.1, 0.15) is 0 Å². The Bertz CT molecular complexity index is 423. The number of nitrogens with zero attached hydrogens (tertiary/aromatic N) is 2. The van der Waals surface area contributed by atoms with Gasteiger partial charge in [-0.2, -0.15) is 0 Å². The molecule has 1 amide bonds. The first kappa shape index (κ1) is 13.2. The smallest absolute Gasteiger partial charge is 0.323 e. The average Bonchev–Trinajstić information content (AvgIpc) is 2.67. The van der Waals surface area contributed by atoms with Crippen molar-refractivity contribution in [3.8, 4) is 0 Å². The van der Waals surface area contributed by atoms with Crippen molar-refractivity contribution >= 4 is 11.7 Å². The highest BCUT2D eigenvalue weighted by Crippen LogP contribution is 2.14. The highest BCUT2D eigenvalue weighted by Gasteiger charge is 2.21. The van der Waals surface area contributed by atoms with E-state index in [1.165, 1.54) is 23.7 Å². The van der Waals surface area contributed by atoms with E-state index in [0.29, 0.717) is 6.42 Å². The fourth-order valence-corrected chi connectivity index (χ4v) is 1.45. The summed E-state index contributed by atoms with van der Waals surface area (Å²) < 4.78 is 1.21. The number of hydrogen-bond donors (Lipinski definition) is 2. The Morgan fingerprint density at radius 3 is 2.71 bits per heavy atom. The van der Waals surface area contributed by atoms with Crippen LogP contribution in [0.2, 0.25) is 0 Å². The molecule has 17 heavy (non-hydrogen) atoms. The van der Waals surface area contributed by atoms with Gasteiger partial charge in [-0.15, -0.1) is 0 Å². The van der Waals surface area contributed by atoms with E-state index in [9.17, 15) is 14.9 Å². The largest absolute Gasteiger partial charge is 0.394 e. The second-order valence-corrected chi connectivity index (χ2v) is 3.65. The first-order chi connectivity index (χ1) is 8.01. The van der Waals surface area contributed by atoms with Gasteiger partial charge in [0, 0.05) is 6.07 Å². The molecule has 0 fully saturated rings. The monoisotopic (exact) mass is 241 g/mol. The van der Waals surface area contributed by atoms with Crippen molar-refractivity contribution in [2.24, 2.45) is 7.05 Å². The molecular formula is C10H15N3O4. The number of nitrogens with one attached hydrogen (secondary N) is 1. The number of rotatable bonds is 5. The van der Waals surface area contributed by atoms with Gasteiger partial charge in [-0.25, -0.2) is 4.57 Å². The topological polar surface area (TPSA) is 97.4 Å². The maximum Gasteiger partial charge on any atom is 0.323 e. The second-order valence-electron chi connectivity index (χ2n) is 3.65. The molecule has 1 atom stereocenters. The first-order valence-corrected chi connectivity index (χ1v) is 5.23. The molecule has 0 saturated carbocycles. The van der Waals surface area contributed by atoms with E-state index < -0.39 is 10.8 Å². The lowest BCUT2D eigenvalue weighted by atomic mass is 10.2. The van der Waals surface area contributed by atoms with Gasteiger partial charge in [-0.05, 0) is 17.4 Å². The third kappa shape index (κ3) is 2.82. The fourth-order valence-electron chi connectivity index (χ4n) is 1.45. The lowest BCUT2D eigenvalue weighted by Gasteiger charge is -2.12. The summed E-state index contributed by atoms with van der Waals surface area (Å²) in [5.41, 5.74) is 0.198. The fraction of sp³-hybridized carbons (Fsp3) is 0.500. The van der Waals surface area contributed by atoms with Crippen LogP contribution in [0.3, 0.4) is 0 Å². The van der Waals surface area contributed by atoms with Crippen molar-refractivity contribution in [1.82, 2.24) is 9.88 Å². The minimum atomic E-state index is -0.555. The number of amides is 1. The normalized spacial score (nSPS) is 12.2. The molecule has 0 aliphatic rings. The van der Waals surface area contributed by atoms with E-state index in [2.05, 4.69) is 5.32 Å². The molecule has 0 spiro atoms. The Morgan fingerprint density at radius 1 is 1.65 bits per heavy atom. The molecule has 1 heterocycles. The maximum absolute atomic E-state index is 11.8. The third-order valence-electron chi connectivity index (χ3n) is 2.56. The molecule has 0 aliphatic heterocycles. The number of hydrogen-bond acceptors (Lipinski definition) is 4. The van der Waals surface area contributed by atoms with Gasteiger partial charge in [0.05, 0.1) is 19.7 Å². The summed E-state index contributed by atoms with van der Waals surface area (Å²) >= 11 is 0. The Kier molecular flexibility index (Phi) is 4.22. The van der Waals surface area contributed by atoms with Crippen molar-refractivity contribution in [2.45, 2.75) is 19.4 Å². The van der Waals surface area contributed by atoms with Crippen LogP contribution in [0.25, 0.3) is 0 Å². The van der Waals surface area contributed by atoms with Gasteiger partial charge < -0.3 is 20.5 Å². The van der Waals surface area contributed by atoms with Crippen molar-refractivity contribution in [2.75, 3.05) is 6.61 Å². The minimum Gasteiger partial charge on any atom is -0.394 e. The van der Waals surface area contributed by atoms with E-state index in [0.717, 1.165) is 0 Å². The lowest BCUT2D eigenvalue weighted by Crippen LogP contribution is -2.37. The molecule has 0 aliphatic carbocycles. The molecule has 0 bridgehead atoms. The summed E-state index contributed by atoms with van der Waals surface area (Å²) in [4.78, 5) is 21.8. The number of aromatic nitrogens is 1. The molecule has 0 saturated heterocycles. The van der Waals surface area contributed by atoms with Gasteiger partial charge in [-0.1, -0.05) is 6.92 Å². The highest BCUT2D eigenvalue weighted by molar-refractivity contribution is 5.93. The van der Waals surface area contributed by atoms with E-state index in [1.54, 1.807) is 0 Å². The van der Waals surface area contributed by atoms with Crippen molar-refractivity contribution in [3.05, 3.63) is 27.9 Å². The lowest BCUT2D eigenvalue weighted by molar-refractivity contribution is -0.391. The maximum atomic E-state index is 11.8. The molecule has 2 N–H and O–H groups in total. The Hall–Kier alpha value is -1.89. The molecule has 7 heteroatoms. The van der Waals surface area contributed by atoms with Crippen LogP contribution < -0.4 is 5.32 Å². The van der Waals surface area contributed by atoms with Gasteiger partial charge in [0.25, 0.3) is 5.91 Å². The van der Waals surface area contributed by atoms with Crippen LogP contribution in [0.5, 0.6) is 0 Å². The Labute approximate surface area is 98.2 Å². The zero-order valence-corrected chi connectivity index (χ0v) is 9.71. The summed E-state index contributed by atoms with van der Waals surface area (Å²) in [5.74, 6) is -0.575. The highest BCUT2D eigenvalue weighted by atomic mass is 16.6. The molecule has 1 unspecified atom stereocenters. The van der Waals surface area contributed by atoms with Crippen LogP contribution in [0.4, 0.5) is 5.82 Å². The van der Waals surface area contributed by atoms with Crippen molar-refractivity contribution in [3.63, 3.8) is 0 Å². The molecule has 1 aromatic rings. The number of carbonyl (C=O) groups excluding carboxylic acids is 1. The molecule has 0 aromatic carbocycles. The average molecular weight is 241 g/mol. The van der Waals surface area contributed by atoms with E-state index in [4.69, 9.17) is 5.11 Å². The minimum absolute atomic E-state index is 0.146. The SMILES string of the molecule is CCC(CO)NC(=O)c1ccc([N+](=O)[O-])n1C. The Morgan fingerprint density at radius 2 is 2.29 bits per heavy atom. The molecule has 94 valence electrons. The van der Waals surface area contributed by atoms with Crippen LogP contribution >= 0.6 is 0 Å². The Balaban J connectivity index is 2.86. The summed E-state index contributed by atoms with van der Waals surface area (Å²) in [6.45, 7) is 1.67. The van der Waals surface area contributed by atoms with Gasteiger partial charge in [0.2, 0.25) is 0 Å². The van der Waals surface area contributed by atoms with Crippen LogP contribution in [0.1, 0.15) is 23.8 Å². The number of aliphatic hydroxyl groups is 1. The van der Waals surface area contributed by atoms with Crippen LogP contribution in [0, 0.1) is 10.1 Å². The quantitative estimate of drug-likeness (QED) is 0.577. The summed E-state index contributed by atoms with van der Waals surface area (Å²) in [6, 6.07) is 2.32. The van der Waals surface area contributed by atoms with Crippen LogP contribution in [-0.2, 0) is 7.05 Å². The molecular weight excluding hydrogens is 226 g/mol. The first-order valence-electron chi connectivity index (χ1n) is 5.23. The van der Waals surface area contributed by atoms with Crippen LogP contribution in [-0.4, -0.2) is 33.2 Å². The number of aliphatic hydroxyl groups excluding tert-OH is 1. The molecule has 1 aromatic heterocycles. The van der Waals surface area contributed by atoms with Gasteiger partial charge in [-0.3, -0.25) is 4.79 Å². The van der Waals surface area contributed by atoms with Crippen molar-refractivity contribution < 1.29 is 14.8 Å². The molecule has 0 radical (unpaired) electrons. The zero-order valence-electron chi connectivity index (χ0n) is 9.71. The van der Waals surface area contributed by atoms with E-state index in [-0.39, 0.29) is 24.2 Å². The molecule has 1 rings (SSSR count). The van der Waals surface area contributed by atoms with Crippen molar-refractivity contribution in [1.29, 1.82) is 0 Å². The zero-order chi connectivity index (χ0) is 13.0. The standard InChI is InChI=1S/C10H15N3O4/c1-3-7(6-14)11-10(15)8-4-5-9(12(8)2)13(16)17/h4-5,7,14H,3,6H2,1-2H3,(H,11,15). The summed E-state index contributed by atoms with van der Waals surface area (Å²) in [7, 11) is 1.45. The van der Waals surface area contributed by atoms with E-state index >= 15 is 0 Å². The summed E-state index contributed by atoms with van der Waals surface area (Å²) in [6.07, 6.45) is 0.592. The van der Waals surface area contributed by atoms with Crippen LogP contribution in [0.15, 0.2) is 12.1 Å². The predicted octanol–water partition coefficient (Wildman–Crippen LogP) is 0.434. The van der Waals surface area contributed by atoms with Gasteiger partial charge >= 0.3 is 5.82 Å². The van der Waals surface area contributed by atoms with E-state index in [1.807, 2.05) is 6.92 Å². The summed E-state index contributed by atoms with van der Waals surface area (Å²) in [5, 5.41) is 22.2. The second kappa shape index (κ2) is 5.44. The predicted molar refractivity (Wildman–Crippen MR) is 60.7 cm³/mol.